The maximum absolute atomic E-state index is 5.91. The monoisotopic (exact) mass is 330 g/mol. The van der Waals surface area contributed by atoms with Crippen molar-refractivity contribution in [2.45, 2.75) is 6.92 Å². The number of nitrogens with zero attached hydrogens (tertiary/aromatic N) is 1. The van der Waals surface area contributed by atoms with Crippen LogP contribution in [0.15, 0.2) is 53.9 Å². The molecule has 112 valence electrons. The Bertz CT molecular complexity index is 738. The lowest BCUT2D eigenvalue weighted by molar-refractivity contribution is 0.340. The van der Waals surface area contributed by atoms with Crippen molar-refractivity contribution < 1.29 is 4.74 Å². The quantitative estimate of drug-likeness (QED) is 0.660. The highest BCUT2D eigenvalue weighted by molar-refractivity contribution is 7.14. The van der Waals surface area contributed by atoms with Gasteiger partial charge in [-0.1, -0.05) is 23.7 Å². The number of hydrogen-bond acceptors (Lipinski definition) is 4. The number of halogens is 1. The summed E-state index contributed by atoms with van der Waals surface area (Å²) in [6.45, 7) is 2.64. The highest BCUT2D eigenvalue weighted by Crippen LogP contribution is 2.28. The lowest BCUT2D eigenvalue weighted by Crippen LogP contribution is -1.92. The van der Waals surface area contributed by atoms with Crippen LogP contribution in [0.5, 0.6) is 5.75 Å². The standard InChI is InChI=1S/C17H15ClN2OS/c1-2-21-15-9-7-14(8-10-15)19-17-20-16(11-22-17)12-3-5-13(18)6-4-12/h3-11H,2H2,1H3,(H,19,20). The molecule has 1 aromatic heterocycles. The highest BCUT2D eigenvalue weighted by Gasteiger charge is 2.05. The molecular weight excluding hydrogens is 316 g/mol. The Labute approximate surface area is 138 Å². The van der Waals surface area contributed by atoms with Gasteiger partial charge in [0.2, 0.25) is 0 Å². The van der Waals surface area contributed by atoms with Crippen molar-refractivity contribution in [2.24, 2.45) is 0 Å². The first-order valence-electron chi connectivity index (χ1n) is 6.96. The molecule has 0 aliphatic carbocycles. The predicted molar refractivity (Wildman–Crippen MR) is 93.5 cm³/mol. The zero-order valence-corrected chi connectivity index (χ0v) is 13.6. The Hall–Kier alpha value is -2.04. The fourth-order valence-corrected chi connectivity index (χ4v) is 2.87. The zero-order valence-electron chi connectivity index (χ0n) is 12.0. The van der Waals surface area contributed by atoms with Gasteiger partial charge in [-0.25, -0.2) is 4.98 Å². The topological polar surface area (TPSA) is 34.1 Å². The molecule has 22 heavy (non-hydrogen) atoms. The van der Waals surface area contributed by atoms with Crippen LogP contribution in [0.2, 0.25) is 5.02 Å². The number of anilines is 2. The summed E-state index contributed by atoms with van der Waals surface area (Å²) < 4.78 is 5.43. The number of aromatic nitrogens is 1. The molecule has 1 heterocycles. The Morgan fingerprint density at radius 2 is 1.82 bits per heavy atom. The zero-order chi connectivity index (χ0) is 15.4. The summed E-state index contributed by atoms with van der Waals surface area (Å²) in [5.74, 6) is 0.869. The summed E-state index contributed by atoms with van der Waals surface area (Å²) in [4.78, 5) is 4.60. The molecule has 5 heteroatoms. The van der Waals surface area contributed by atoms with Gasteiger partial charge in [0.15, 0.2) is 5.13 Å². The maximum Gasteiger partial charge on any atom is 0.187 e. The van der Waals surface area contributed by atoms with Crippen LogP contribution < -0.4 is 10.1 Å². The van der Waals surface area contributed by atoms with Crippen LogP contribution in [0.25, 0.3) is 11.3 Å². The maximum atomic E-state index is 5.91. The molecule has 0 aliphatic rings. The van der Waals surface area contributed by atoms with Gasteiger partial charge in [0, 0.05) is 21.7 Å². The molecule has 3 rings (SSSR count). The van der Waals surface area contributed by atoms with E-state index in [2.05, 4.69) is 10.3 Å². The normalized spacial score (nSPS) is 10.5. The van der Waals surface area contributed by atoms with Crippen LogP contribution in [0.3, 0.4) is 0 Å². The van der Waals surface area contributed by atoms with E-state index in [1.165, 1.54) is 0 Å². The predicted octanol–water partition coefficient (Wildman–Crippen LogP) is 5.61. The first-order valence-corrected chi connectivity index (χ1v) is 8.21. The Morgan fingerprint density at radius 3 is 2.50 bits per heavy atom. The number of ether oxygens (including phenoxy) is 1. The average Bonchev–Trinajstić information content (AvgIpc) is 2.99. The van der Waals surface area contributed by atoms with Crippen LogP contribution >= 0.6 is 22.9 Å². The molecule has 0 bridgehead atoms. The summed E-state index contributed by atoms with van der Waals surface area (Å²) in [5, 5.41) is 6.91. The number of benzene rings is 2. The van der Waals surface area contributed by atoms with Crippen molar-refractivity contribution in [3.8, 4) is 17.0 Å². The first-order chi connectivity index (χ1) is 10.7. The summed E-state index contributed by atoms with van der Waals surface area (Å²) in [5.41, 5.74) is 2.98. The third kappa shape index (κ3) is 3.59. The highest BCUT2D eigenvalue weighted by atomic mass is 35.5. The van der Waals surface area contributed by atoms with Gasteiger partial charge in [-0.3, -0.25) is 0 Å². The van der Waals surface area contributed by atoms with Gasteiger partial charge in [-0.05, 0) is 43.3 Å². The molecule has 0 aliphatic heterocycles. The van der Waals surface area contributed by atoms with Gasteiger partial charge in [0.25, 0.3) is 0 Å². The lowest BCUT2D eigenvalue weighted by Gasteiger charge is -2.05. The van der Waals surface area contributed by atoms with E-state index in [-0.39, 0.29) is 0 Å². The van der Waals surface area contributed by atoms with Crippen LogP contribution in [0.1, 0.15) is 6.92 Å². The Balaban J connectivity index is 1.72. The summed E-state index contributed by atoms with van der Waals surface area (Å²) >= 11 is 7.48. The second kappa shape index (κ2) is 6.81. The summed E-state index contributed by atoms with van der Waals surface area (Å²) in [6, 6.07) is 15.5. The minimum absolute atomic E-state index is 0.670. The average molecular weight is 331 g/mol. The minimum atomic E-state index is 0.670. The molecule has 3 nitrogen and oxygen atoms in total. The molecule has 2 aromatic carbocycles. The largest absolute Gasteiger partial charge is 0.494 e. The molecule has 0 saturated heterocycles. The molecule has 0 unspecified atom stereocenters. The van der Waals surface area contributed by atoms with Crippen molar-refractivity contribution in [2.75, 3.05) is 11.9 Å². The van der Waals surface area contributed by atoms with Crippen LogP contribution in [0.4, 0.5) is 10.8 Å². The third-order valence-corrected chi connectivity index (χ3v) is 4.07. The van der Waals surface area contributed by atoms with E-state index < -0.39 is 0 Å². The summed E-state index contributed by atoms with van der Waals surface area (Å²) in [7, 11) is 0. The van der Waals surface area contributed by atoms with Gasteiger partial charge in [0.05, 0.1) is 12.3 Å². The van der Waals surface area contributed by atoms with Gasteiger partial charge >= 0.3 is 0 Å². The number of thiazole rings is 1. The molecule has 3 aromatic rings. The molecular formula is C17H15ClN2OS. The second-order valence-corrected chi connectivity index (χ2v) is 5.92. The Morgan fingerprint density at radius 1 is 1.09 bits per heavy atom. The van der Waals surface area contributed by atoms with Crippen molar-refractivity contribution in [1.82, 2.24) is 4.98 Å². The van der Waals surface area contributed by atoms with Gasteiger partial charge < -0.3 is 10.1 Å². The van der Waals surface area contributed by atoms with E-state index in [4.69, 9.17) is 16.3 Å². The van der Waals surface area contributed by atoms with Gasteiger partial charge in [-0.2, -0.15) is 0 Å². The van der Waals surface area contributed by atoms with Gasteiger partial charge in [-0.15, -0.1) is 11.3 Å². The van der Waals surface area contributed by atoms with Gasteiger partial charge in [0.1, 0.15) is 5.75 Å². The molecule has 0 saturated carbocycles. The minimum Gasteiger partial charge on any atom is -0.494 e. The van der Waals surface area contributed by atoms with E-state index in [0.29, 0.717) is 6.61 Å². The van der Waals surface area contributed by atoms with Crippen molar-refractivity contribution in [3.05, 3.63) is 58.9 Å². The van der Waals surface area contributed by atoms with E-state index >= 15 is 0 Å². The number of hydrogen-bond donors (Lipinski definition) is 1. The Kier molecular flexibility index (Phi) is 4.61. The molecule has 1 N–H and O–H groups in total. The lowest BCUT2D eigenvalue weighted by atomic mass is 10.2. The van der Waals surface area contributed by atoms with E-state index in [1.807, 2.05) is 60.8 Å². The van der Waals surface area contributed by atoms with Crippen molar-refractivity contribution >= 4 is 33.8 Å². The summed E-state index contributed by atoms with van der Waals surface area (Å²) in [6.07, 6.45) is 0. The van der Waals surface area contributed by atoms with E-state index in [9.17, 15) is 0 Å². The second-order valence-electron chi connectivity index (χ2n) is 4.63. The number of nitrogens with one attached hydrogen (secondary N) is 1. The fourth-order valence-electron chi connectivity index (χ4n) is 2.01. The van der Waals surface area contributed by atoms with Crippen LogP contribution in [0, 0.1) is 0 Å². The van der Waals surface area contributed by atoms with Crippen LogP contribution in [-0.4, -0.2) is 11.6 Å². The molecule has 0 radical (unpaired) electrons. The van der Waals surface area contributed by atoms with Crippen molar-refractivity contribution in [3.63, 3.8) is 0 Å². The van der Waals surface area contributed by atoms with E-state index in [1.54, 1.807) is 11.3 Å². The van der Waals surface area contributed by atoms with Crippen LogP contribution in [-0.2, 0) is 0 Å². The van der Waals surface area contributed by atoms with E-state index in [0.717, 1.165) is 32.8 Å². The first kappa shape index (κ1) is 14.9. The molecule has 0 amide bonds. The number of rotatable bonds is 5. The van der Waals surface area contributed by atoms with Crippen molar-refractivity contribution in [1.29, 1.82) is 0 Å². The fraction of sp³-hybridized carbons (Fsp3) is 0.118. The smallest absolute Gasteiger partial charge is 0.187 e. The third-order valence-electron chi connectivity index (χ3n) is 3.06. The molecule has 0 spiro atoms. The molecule has 0 fully saturated rings. The molecule has 0 atom stereocenters. The SMILES string of the molecule is CCOc1ccc(Nc2nc(-c3ccc(Cl)cc3)cs2)cc1.